The summed E-state index contributed by atoms with van der Waals surface area (Å²) in [6, 6.07) is 2.23. The van der Waals surface area contributed by atoms with E-state index in [-0.39, 0.29) is 12.1 Å². The highest BCUT2D eigenvalue weighted by Gasteiger charge is 2.41. The number of benzene rings is 2. The van der Waals surface area contributed by atoms with Crippen LogP contribution in [0.1, 0.15) is 38.5 Å². The third kappa shape index (κ3) is 5.81. The van der Waals surface area contributed by atoms with Crippen LogP contribution in [0.3, 0.4) is 0 Å². The van der Waals surface area contributed by atoms with Gasteiger partial charge in [-0.3, -0.25) is 0 Å². The third-order valence-corrected chi connectivity index (χ3v) is 4.81. The number of rotatable bonds is 4. The minimum Gasteiger partial charge on any atom is -0.478 e. The molecule has 2 aromatic carbocycles. The second-order valence-electron chi connectivity index (χ2n) is 6.33. The molecule has 32 heavy (non-hydrogen) atoms. The number of carboxylic acid groups (broad SMARTS) is 1. The van der Waals surface area contributed by atoms with Crippen LogP contribution in [0.5, 0.6) is 0 Å². The number of aromatic carboxylic acids is 1. The number of allylic oxidation sites excluding steroid dienone is 1. The van der Waals surface area contributed by atoms with Gasteiger partial charge < -0.3 is 5.11 Å². The van der Waals surface area contributed by atoms with Crippen molar-refractivity contribution in [3.8, 4) is 0 Å². The summed E-state index contributed by atoms with van der Waals surface area (Å²) in [6.45, 7) is 0. The van der Waals surface area contributed by atoms with Gasteiger partial charge in [-0.15, -0.1) is 0 Å². The lowest BCUT2D eigenvalue weighted by Crippen LogP contribution is -2.20. The van der Waals surface area contributed by atoms with E-state index in [2.05, 4.69) is 15.9 Å². The maximum absolute atomic E-state index is 14.5. The number of alkyl halides is 9. The number of carboxylic acids is 1. The zero-order valence-electron chi connectivity index (χ0n) is 15.1. The molecule has 0 fully saturated rings. The van der Waals surface area contributed by atoms with Crippen molar-refractivity contribution in [3.63, 3.8) is 0 Å². The summed E-state index contributed by atoms with van der Waals surface area (Å²) in [5, 5.41) is 8.82. The Labute approximate surface area is 181 Å². The molecule has 174 valence electrons. The number of hydrogen-bond donors (Lipinski definition) is 1. The Kier molecular flexibility index (Phi) is 7.03. The molecule has 0 heterocycles. The minimum atomic E-state index is -5.24. The van der Waals surface area contributed by atoms with Crippen molar-refractivity contribution >= 4 is 27.7 Å². The Balaban J connectivity index is 2.59. The predicted octanol–water partition coefficient (Wildman–Crippen LogP) is 7.84. The highest BCUT2D eigenvalue weighted by Crippen LogP contribution is 2.42. The first-order valence-corrected chi connectivity index (χ1v) is 8.97. The summed E-state index contributed by atoms with van der Waals surface area (Å²) in [6.07, 6.45) is -15.5. The van der Waals surface area contributed by atoms with Gasteiger partial charge in [0.2, 0.25) is 0 Å². The Bertz CT molecular complexity index is 1050. The van der Waals surface area contributed by atoms with E-state index in [1.807, 2.05) is 0 Å². The molecule has 2 rings (SSSR count). The van der Waals surface area contributed by atoms with Gasteiger partial charge in [-0.2, -0.15) is 39.5 Å². The van der Waals surface area contributed by atoms with Crippen molar-refractivity contribution in [3.05, 3.63) is 74.8 Å². The fourth-order valence-electron chi connectivity index (χ4n) is 2.69. The van der Waals surface area contributed by atoms with E-state index in [9.17, 15) is 48.7 Å². The lowest BCUT2D eigenvalue weighted by atomic mass is 9.94. The fraction of sp³-hybridized carbons (Fsp3) is 0.211. The molecule has 13 heteroatoms. The summed E-state index contributed by atoms with van der Waals surface area (Å²) in [4.78, 5) is 10.9. The molecule has 2 aromatic rings. The van der Waals surface area contributed by atoms with Gasteiger partial charge in [0.25, 0.3) is 0 Å². The van der Waals surface area contributed by atoms with Gasteiger partial charge in [0.1, 0.15) is 11.7 Å². The van der Waals surface area contributed by atoms with Crippen LogP contribution in [0.2, 0.25) is 0 Å². The normalized spacial score (nSPS) is 14.4. The molecule has 0 saturated carbocycles. The van der Waals surface area contributed by atoms with Crippen LogP contribution in [0, 0.1) is 0 Å². The van der Waals surface area contributed by atoms with Crippen LogP contribution in [0.15, 0.2) is 46.9 Å². The first-order valence-electron chi connectivity index (χ1n) is 8.18. The van der Waals surface area contributed by atoms with Crippen LogP contribution in [0.25, 0.3) is 5.83 Å². The predicted molar refractivity (Wildman–Crippen MR) is 95.4 cm³/mol. The van der Waals surface area contributed by atoms with E-state index in [1.165, 1.54) is 0 Å². The third-order valence-electron chi connectivity index (χ3n) is 4.15. The van der Waals surface area contributed by atoms with Crippen LogP contribution >= 0.6 is 15.9 Å². The Morgan fingerprint density at radius 3 is 1.88 bits per heavy atom. The number of halogens is 11. The molecule has 0 amide bonds. The van der Waals surface area contributed by atoms with E-state index < -0.39 is 68.5 Å². The molecule has 2 nitrogen and oxygen atoms in total. The van der Waals surface area contributed by atoms with Crippen molar-refractivity contribution in [2.24, 2.45) is 0 Å². The van der Waals surface area contributed by atoms with Gasteiger partial charge in [0.05, 0.1) is 16.7 Å². The van der Waals surface area contributed by atoms with E-state index in [0.29, 0.717) is 30.3 Å². The SMILES string of the molecule is O=C(O)c1ccc(/C(F)=C/C(c2ccc(C(F)(F)F)c(Br)c2)C(F)(F)F)cc1C(F)(F)F. The molecule has 0 saturated heterocycles. The van der Waals surface area contributed by atoms with Gasteiger partial charge in [0.15, 0.2) is 0 Å². The first kappa shape index (κ1) is 25.7. The van der Waals surface area contributed by atoms with Crippen LogP contribution in [0.4, 0.5) is 43.9 Å². The van der Waals surface area contributed by atoms with Crippen LogP contribution in [-0.4, -0.2) is 17.3 Å². The maximum Gasteiger partial charge on any atom is 0.417 e. The van der Waals surface area contributed by atoms with Gasteiger partial charge in [-0.1, -0.05) is 28.1 Å². The molecule has 0 aliphatic carbocycles. The average molecular weight is 539 g/mol. The van der Waals surface area contributed by atoms with Crippen molar-refractivity contribution in [2.45, 2.75) is 24.4 Å². The average Bonchev–Trinajstić information content (AvgIpc) is 2.62. The molecule has 0 radical (unpaired) electrons. The largest absolute Gasteiger partial charge is 0.478 e. The molecular formula is C19H9BrF10O2. The van der Waals surface area contributed by atoms with Crippen LogP contribution in [-0.2, 0) is 12.4 Å². The minimum absolute atomic E-state index is 0.0331. The summed E-state index contributed by atoms with van der Waals surface area (Å²) in [5.41, 5.74) is -6.13. The summed E-state index contributed by atoms with van der Waals surface area (Å²) in [7, 11) is 0. The Morgan fingerprint density at radius 2 is 1.44 bits per heavy atom. The van der Waals surface area contributed by atoms with E-state index in [1.54, 1.807) is 0 Å². The topological polar surface area (TPSA) is 37.3 Å². The summed E-state index contributed by atoms with van der Waals surface area (Å²) in [5.74, 6) is -6.59. The Morgan fingerprint density at radius 1 is 0.875 bits per heavy atom. The molecule has 0 aromatic heterocycles. The second-order valence-corrected chi connectivity index (χ2v) is 7.19. The summed E-state index contributed by atoms with van der Waals surface area (Å²) < 4.78 is 132. The first-order chi connectivity index (χ1) is 14.4. The van der Waals surface area contributed by atoms with Crippen LogP contribution < -0.4 is 0 Å². The molecule has 1 N–H and O–H groups in total. The summed E-state index contributed by atoms with van der Waals surface area (Å²) >= 11 is 2.50. The molecule has 0 aliphatic heterocycles. The van der Waals surface area contributed by atoms with E-state index >= 15 is 0 Å². The van der Waals surface area contributed by atoms with Crippen molar-refractivity contribution in [1.29, 1.82) is 0 Å². The molecular weight excluding hydrogens is 530 g/mol. The molecule has 0 aliphatic rings. The van der Waals surface area contributed by atoms with Crippen molar-refractivity contribution < 1.29 is 53.8 Å². The zero-order chi connectivity index (χ0) is 24.6. The molecule has 1 unspecified atom stereocenters. The fourth-order valence-corrected chi connectivity index (χ4v) is 3.31. The van der Waals surface area contributed by atoms with Gasteiger partial charge >= 0.3 is 24.5 Å². The van der Waals surface area contributed by atoms with Crippen molar-refractivity contribution in [1.82, 2.24) is 0 Å². The lowest BCUT2D eigenvalue weighted by molar-refractivity contribution is -0.140. The monoisotopic (exact) mass is 538 g/mol. The van der Waals surface area contributed by atoms with Gasteiger partial charge in [-0.05, 0) is 35.9 Å². The smallest absolute Gasteiger partial charge is 0.417 e. The van der Waals surface area contributed by atoms with Gasteiger partial charge in [0, 0.05) is 10.0 Å². The standard InChI is InChI=1S/C19H9BrF10O2/c20-14-6-8(2-4-11(14)17(22,23)24)12(18(25,26)27)7-15(21)9-1-3-10(16(31)32)13(5-9)19(28,29)30/h1-7,12H,(H,31,32)/b15-7-. The quantitative estimate of drug-likeness (QED) is 0.402. The highest BCUT2D eigenvalue weighted by molar-refractivity contribution is 9.10. The van der Waals surface area contributed by atoms with E-state index in [0.717, 1.165) is 0 Å². The highest BCUT2D eigenvalue weighted by atomic mass is 79.9. The zero-order valence-corrected chi connectivity index (χ0v) is 16.7. The lowest BCUT2D eigenvalue weighted by Gasteiger charge is -2.19. The van der Waals surface area contributed by atoms with Gasteiger partial charge in [-0.25, -0.2) is 9.18 Å². The number of hydrogen-bond acceptors (Lipinski definition) is 1. The number of carbonyl (C=O) groups is 1. The van der Waals surface area contributed by atoms with Crippen molar-refractivity contribution in [2.75, 3.05) is 0 Å². The molecule has 1 atom stereocenters. The van der Waals surface area contributed by atoms with E-state index in [4.69, 9.17) is 5.11 Å². The molecule has 0 spiro atoms. The Hall–Kier alpha value is -2.57. The second kappa shape index (κ2) is 8.75. The molecule has 0 bridgehead atoms. The maximum atomic E-state index is 14.5.